The molecule has 3 nitrogen and oxygen atoms in total. The molecule has 0 atom stereocenters. The molecule has 0 aliphatic heterocycles. The second kappa shape index (κ2) is 4.99. The van der Waals surface area contributed by atoms with Crippen LogP contribution in [-0.4, -0.2) is 4.98 Å². The van der Waals surface area contributed by atoms with E-state index >= 15 is 0 Å². The van der Waals surface area contributed by atoms with Gasteiger partial charge in [-0.15, -0.1) is 0 Å². The Kier molecular flexibility index (Phi) is 3.92. The van der Waals surface area contributed by atoms with E-state index < -0.39 is 12.1 Å². The van der Waals surface area contributed by atoms with E-state index in [0.29, 0.717) is 9.26 Å². The lowest BCUT2D eigenvalue weighted by atomic mass is 10.1. The van der Waals surface area contributed by atoms with Gasteiger partial charge in [-0.25, -0.2) is 13.8 Å². The van der Waals surface area contributed by atoms with E-state index in [0.717, 1.165) is 0 Å². The summed E-state index contributed by atoms with van der Waals surface area (Å²) in [5.41, 5.74) is -0.434. The number of nitriles is 2. The molecule has 0 aromatic carbocycles. The first-order valence-electron chi connectivity index (χ1n) is 3.84. The molecule has 0 saturated carbocycles. The van der Waals surface area contributed by atoms with Crippen LogP contribution in [0.3, 0.4) is 0 Å². The van der Waals surface area contributed by atoms with Crippen molar-refractivity contribution in [2.75, 3.05) is 0 Å². The van der Waals surface area contributed by atoms with Crippen molar-refractivity contribution < 1.29 is 8.78 Å². The van der Waals surface area contributed by atoms with Crippen LogP contribution in [-0.2, 0) is 6.42 Å². The monoisotopic (exact) mass is 319 g/mol. The van der Waals surface area contributed by atoms with Gasteiger partial charge in [0.2, 0.25) is 0 Å². The fourth-order valence-corrected chi connectivity index (χ4v) is 1.73. The molecule has 76 valence electrons. The van der Waals surface area contributed by atoms with E-state index in [9.17, 15) is 8.78 Å². The Hall–Kier alpha value is -1.28. The summed E-state index contributed by atoms with van der Waals surface area (Å²) in [7, 11) is 0. The molecule has 0 amide bonds. The van der Waals surface area contributed by atoms with Crippen molar-refractivity contribution in [2.24, 2.45) is 0 Å². The van der Waals surface area contributed by atoms with E-state index in [1.807, 2.05) is 6.07 Å². The molecule has 0 fully saturated rings. The van der Waals surface area contributed by atoms with Gasteiger partial charge in [-0.3, -0.25) is 0 Å². The molecule has 0 spiro atoms. The molecule has 0 saturated heterocycles. The molecular weight excluding hydrogens is 315 g/mol. The third-order valence-corrected chi connectivity index (χ3v) is 2.24. The molecule has 6 heteroatoms. The van der Waals surface area contributed by atoms with Crippen molar-refractivity contribution in [1.29, 1.82) is 10.5 Å². The molecule has 0 unspecified atom stereocenters. The third kappa shape index (κ3) is 2.60. The van der Waals surface area contributed by atoms with Gasteiger partial charge in [0, 0.05) is 0 Å². The molecule has 1 heterocycles. The molecule has 0 bridgehead atoms. The zero-order valence-corrected chi connectivity index (χ0v) is 9.49. The second-order valence-electron chi connectivity index (χ2n) is 2.61. The third-order valence-electron chi connectivity index (χ3n) is 1.69. The van der Waals surface area contributed by atoms with Gasteiger partial charge in [0.15, 0.2) is 0 Å². The largest absolute Gasteiger partial charge is 0.281 e. The van der Waals surface area contributed by atoms with Gasteiger partial charge in [-0.1, -0.05) is 0 Å². The summed E-state index contributed by atoms with van der Waals surface area (Å²) in [5, 5.41) is 17.2. The fourth-order valence-electron chi connectivity index (χ4n) is 1.10. The van der Waals surface area contributed by atoms with E-state index in [1.54, 1.807) is 28.7 Å². The average Bonchev–Trinajstić information content (AvgIpc) is 2.17. The molecular formula is C9H4F2IN3. The van der Waals surface area contributed by atoms with E-state index in [2.05, 4.69) is 4.98 Å². The number of hydrogen-bond donors (Lipinski definition) is 0. The molecule has 0 N–H and O–H groups in total. The normalized spacial score (nSPS) is 9.73. The maximum atomic E-state index is 12.5. The highest BCUT2D eigenvalue weighted by Gasteiger charge is 2.19. The summed E-state index contributed by atoms with van der Waals surface area (Å²) in [6, 6.07) is 4.95. The number of aromatic nitrogens is 1. The highest BCUT2D eigenvalue weighted by molar-refractivity contribution is 14.1. The summed E-state index contributed by atoms with van der Waals surface area (Å²) >= 11 is 1.77. The maximum absolute atomic E-state index is 12.5. The molecule has 1 aromatic rings. The Bertz CT molecular complexity index is 460. The topological polar surface area (TPSA) is 60.5 Å². The van der Waals surface area contributed by atoms with Crippen molar-refractivity contribution in [2.45, 2.75) is 12.8 Å². The second-order valence-corrected chi connectivity index (χ2v) is 3.72. The Morgan fingerprint density at radius 3 is 2.60 bits per heavy atom. The SMILES string of the molecule is N#CCc1cc(I)nc(C(F)F)c1C#N. The number of hydrogen-bond acceptors (Lipinski definition) is 3. The first kappa shape index (κ1) is 11.8. The fraction of sp³-hybridized carbons (Fsp3) is 0.222. The Balaban J connectivity index is 3.41. The van der Waals surface area contributed by atoms with Gasteiger partial charge in [0.25, 0.3) is 6.43 Å². The van der Waals surface area contributed by atoms with E-state index in [4.69, 9.17) is 10.5 Å². The van der Waals surface area contributed by atoms with E-state index in [1.165, 1.54) is 6.07 Å². The molecule has 0 radical (unpaired) electrons. The van der Waals surface area contributed by atoms with Crippen LogP contribution in [0.4, 0.5) is 8.78 Å². The molecule has 15 heavy (non-hydrogen) atoms. The highest BCUT2D eigenvalue weighted by atomic mass is 127. The first-order chi connectivity index (χ1) is 7.10. The van der Waals surface area contributed by atoms with Crippen LogP contribution >= 0.6 is 22.6 Å². The van der Waals surface area contributed by atoms with Crippen molar-refractivity contribution in [1.82, 2.24) is 4.98 Å². The predicted molar refractivity (Wildman–Crippen MR) is 55.9 cm³/mol. The Morgan fingerprint density at radius 1 is 1.47 bits per heavy atom. The van der Waals surface area contributed by atoms with Gasteiger partial charge in [0.05, 0.1) is 18.1 Å². The van der Waals surface area contributed by atoms with Gasteiger partial charge in [-0.2, -0.15) is 10.5 Å². The summed E-state index contributed by atoms with van der Waals surface area (Å²) in [6.07, 6.45) is -2.87. The van der Waals surface area contributed by atoms with Crippen molar-refractivity contribution in [3.8, 4) is 12.1 Å². The summed E-state index contributed by atoms with van der Waals surface area (Å²) in [4.78, 5) is 3.59. The summed E-state index contributed by atoms with van der Waals surface area (Å²) in [6.45, 7) is 0. The first-order valence-corrected chi connectivity index (χ1v) is 4.92. The van der Waals surface area contributed by atoms with Crippen LogP contribution in [0.25, 0.3) is 0 Å². The van der Waals surface area contributed by atoms with Gasteiger partial charge < -0.3 is 0 Å². The molecule has 1 rings (SSSR count). The Labute approximate surface area is 98.5 Å². The number of rotatable bonds is 2. The van der Waals surface area contributed by atoms with Gasteiger partial charge in [0.1, 0.15) is 15.5 Å². The van der Waals surface area contributed by atoms with Crippen molar-refractivity contribution in [3.63, 3.8) is 0 Å². The lowest BCUT2D eigenvalue weighted by molar-refractivity contribution is 0.145. The minimum absolute atomic E-state index is 0.0683. The average molecular weight is 319 g/mol. The zero-order chi connectivity index (χ0) is 11.4. The van der Waals surface area contributed by atoms with Crippen molar-refractivity contribution >= 4 is 22.6 Å². The maximum Gasteiger partial charge on any atom is 0.281 e. The molecule has 0 aliphatic rings. The lowest BCUT2D eigenvalue weighted by Crippen LogP contribution is -2.02. The predicted octanol–water partition coefficient (Wildman–Crippen LogP) is 2.56. The number of nitrogens with zero attached hydrogens (tertiary/aromatic N) is 3. The quantitative estimate of drug-likeness (QED) is 0.622. The summed E-state index contributed by atoms with van der Waals surface area (Å²) in [5.74, 6) is 0. The zero-order valence-electron chi connectivity index (χ0n) is 7.34. The standard InChI is InChI=1S/C9H4F2IN3/c10-9(11)8-6(4-14)5(1-2-13)3-7(12)15-8/h3,9H,1H2. The highest BCUT2D eigenvalue weighted by Crippen LogP contribution is 2.24. The minimum Gasteiger partial charge on any atom is -0.239 e. The van der Waals surface area contributed by atoms with Gasteiger partial charge >= 0.3 is 0 Å². The van der Waals surface area contributed by atoms with Crippen LogP contribution in [0.2, 0.25) is 0 Å². The smallest absolute Gasteiger partial charge is 0.239 e. The Morgan fingerprint density at radius 2 is 2.13 bits per heavy atom. The minimum atomic E-state index is -2.80. The van der Waals surface area contributed by atoms with Crippen LogP contribution in [0.15, 0.2) is 6.07 Å². The molecule has 0 aliphatic carbocycles. The number of alkyl halides is 2. The van der Waals surface area contributed by atoms with Crippen LogP contribution < -0.4 is 0 Å². The summed E-state index contributed by atoms with van der Waals surface area (Å²) < 4.78 is 25.4. The van der Waals surface area contributed by atoms with E-state index in [-0.39, 0.29) is 12.0 Å². The number of pyridine rings is 1. The van der Waals surface area contributed by atoms with Crippen LogP contribution in [0.5, 0.6) is 0 Å². The van der Waals surface area contributed by atoms with Crippen LogP contribution in [0, 0.1) is 26.4 Å². The lowest BCUT2D eigenvalue weighted by Gasteiger charge is -2.06. The van der Waals surface area contributed by atoms with Crippen LogP contribution in [0.1, 0.15) is 23.2 Å². The van der Waals surface area contributed by atoms with Gasteiger partial charge in [-0.05, 0) is 34.2 Å². The van der Waals surface area contributed by atoms with Crippen molar-refractivity contribution in [3.05, 3.63) is 26.6 Å². The number of halogens is 3. The molecule has 1 aromatic heterocycles.